The summed E-state index contributed by atoms with van der Waals surface area (Å²) in [6.45, 7) is 0. The number of sulfonamides is 1. The van der Waals surface area contributed by atoms with Crippen molar-refractivity contribution in [3.63, 3.8) is 0 Å². The summed E-state index contributed by atoms with van der Waals surface area (Å²) in [7, 11) is -0.651. The van der Waals surface area contributed by atoms with Crippen molar-refractivity contribution in [3.8, 4) is 0 Å². The van der Waals surface area contributed by atoms with Crippen LogP contribution in [0.3, 0.4) is 0 Å². The molecule has 0 bridgehead atoms. The number of nitrogens with zero attached hydrogens (tertiary/aromatic N) is 1. The Kier molecular flexibility index (Phi) is 5.12. The van der Waals surface area contributed by atoms with Gasteiger partial charge in [-0.05, 0) is 48.6 Å². The third-order valence-electron chi connectivity index (χ3n) is 3.94. The predicted molar refractivity (Wildman–Crippen MR) is 100 cm³/mol. The summed E-state index contributed by atoms with van der Waals surface area (Å²) >= 11 is 1.26. The molecule has 1 saturated carbocycles. The van der Waals surface area contributed by atoms with E-state index in [0.29, 0.717) is 16.1 Å². The standard InChI is InChI=1S/C17H19N3O4S2/c1-20(2)26(23,24)13-7-3-11(4-8-13)15(21)19-17-14(9-10-25-17)16(22)18-12-5-6-12/h3-4,7-10,12H,5-6H2,1-2H3,(H,18,22)(H,19,21). The third kappa shape index (κ3) is 3.95. The molecule has 2 amide bonds. The SMILES string of the molecule is CN(C)S(=O)(=O)c1ccc(C(=O)Nc2sccc2C(=O)NC2CC2)cc1. The quantitative estimate of drug-likeness (QED) is 0.786. The number of benzene rings is 1. The van der Waals surface area contributed by atoms with E-state index in [1.807, 2.05) is 0 Å². The first kappa shape index (κ1) is 18.6. The largest absolute Gasteiger partial charge is 0.349 e. The molecule has 0 atom stereocenters. The molecule has 1 aliphatic carbocycles. The zero-order chi connectivity index (χ0) is 18.9. The van der Waals surface area contributed by atoms with Crippen LogP contribution in [0.5, 0.6) is 0 Å². The van der Waals surface area contributed by atoms with Gasteiger partial charge < -0.3 is 10.6 Å². The number of anilines is 1. The number of thiophene rings is 1. The van der Waals surface area contributed by atoms with Gasteiger partial charge in [-0.25, -0.2) is 12.7 Å². The van der Waals surface area contributed by atoms with Gasteiger partial charge in [-0.3, -0.25) is 9.59 Å². The smallest absolute Gasteiger partial charge is 0.256 e. The molecule has 0 radical (unpaired) electrons. The molecule has 0 aliphatic heterocycles. The average molecular weight is 393 g/mol. The summed E-state index contributed by atoms with van der Waals surface area (Å²) in [5.41, 5.74) is 0.742. The number of amides is 2. The van der Waals surface area contributed by atoms with Gasteiger partial charge in [0.05, 0.1) is 10.5 Å². The molecule has 7 nitrogen and oxygen atoms in total. The molecule has 3 rings (SSSR count). The van der Waals surface area contributed by atoms with Gasteiger partial charge in [-0.15, -0.1) is 11.3 Å². The van der Waals surface area contributed by atoms with Crippen LogP contribution in [0.1, 0.15) is 33.6 Å². The van der Waals surface area contributed by atoms with Gasteiger partial charge in [-0.1, -0.05) is 0 Å². The molecule has 2 N–H and O–H groups in total. The Morgan fingerprint density at radius 1 is 1.08 bits per heavy atom. The van der Waals surface area contributed by atoms with Crippen LogP contribution in [0.25, 0.3) is 0 Å². The Hall–Kier alpha value is -2.23. The summed E-state index contributed by atoms with van der Waals surface area (Å²) < 4.78 is 25.2. The van der Waals surface area contributed by atoms with Crippen LogP contribution in [-0.2, 0) is 10.0 Å². The van der Waals surface area contributed by atoms with Crippen LogP contribution in [0.2, 0.25) is 0 Å². The van der Waals surface area contributed by atoms with Crippen LogP contribution in [-0.4, -0.2) is 44.7 Å². The normalized spacial score (nSPS) is 14.3. The molecule has 0 saturated heterocycles. The summed E-state index contributed by atoms with van der Waals surface area (Å²) in [5.74, 6) is -0.599. The van der Waals surface area contributed by atoms with E-state index >= 15 is 0 Å². The van der Waals surface area contributed by atoms with Gasteiger partial charge in [0.25, 0.3) is 11.8 Å². The Bertz CT molecular complexity index is 929. The van der Waals surface area contributed by atoms with Crippen LogP contribution >= 0.6 is 11.3 Å². The number of carbonyl (C=O) groups is 2. The van der Waals surface area contributed by atoms with E-state index in [9.17, 15) is 18.0 Å². The van der Waals surface area contributed by atoms with Crippen molar-refractivity contribution in [2.24, 2.45) is 0 Å². The first-order valence-corrected chi connectivity index (χ1v) is 10.3. The highest BCUT2D eigenvalue weighted by Crippen LogP contribution is 2.26. The van der Waals surface area contributed by atoms with E-state index in [-0.39, 0.29) is 16.8 Å². The highest BCUT2D eigenvalue weighted by atomic mass is 32.2. The molecular weight excluding hydrogens is 374 g/mol. The van der Waals surface area contributed by atoms with E-state index in [2.05, 4.69) is 10.6 Å². The lowest BCUT2D eigenvalue weighted by atomic mass is 10.2. The molecule has 2 aromatic rings. The highest BCUT2D eigenvalue weighted by Gasteiger charge is 2.25. The minimum atomic E-state index is -3.54. The topological polar surface area (TPSA) is 95.6 Å². The van der Waals surface area contributed by atoms with E-state index in [4.69, 9.17) is 0 Å². The van der Waals surface area contributed by atoms with E-state index < -0.39 is 15.9 Å². The maximum absolute atomic E-state index is 12.4. The molecule has 1 heterocycles. The highest BCUT2D eigenvalue weighted by molar-refractivity contribution is 7.89. The maximum Gasteiger partial charge on any atom is 0.256 e. The Labute approximate surface area is 156 Å². The minimum Gasteiger partial charge on any atom is -0.349 e. The molecule has 1 fully saturated rings. The van der Waals surface area contributed by atoms with Crippen molar-refractivity contribution >= 4 is 38.2 Å². The van der Waals surface area contributed by atoms with Gasteiger partial charge in [0, 0.05) is 25.7 Å². The third-order valence-corrected chi connectivity index (χ3v) is 6.60. The predicted octanol–water partition coefficient (Wildman–Crippen LogP) is 2.14. The summed E-state index contributed by atoms with van der Waals surface area (Å²) in [6.07, 6.45) is 1.97. The fraction of sp³-hybridized carbons (Fsp3) is 0.294. The first-order valence-electron chi connectivity index (χ1n) is 8.01. The molecule has 1 aromatic carbocycles. The average Bonchev–Trinajstić information content (AvgIpc) is 3.29. The van der Waals surface area contributed by atoms with Crippen molar-refractivity contribution in [1.82, 2.24) is 9.62 Å². The van der Waals surface area contributed by atoms with Crippen molar-refractivity contribution < 1.29 is 18.0 Å². The Morgan fingerprint density at radius 2 is 1.73 bits per heavy atom. The fourth-order valence-corrected chi connectivity index (χ4v) is 3.92. The van der Waals surface area contributed by atoms with Gasteiger partial charge in [0.2, 0.25) is 10.0 Å². The van der Waals surface area contributed by atoms with Gasteiger partial charge in [0.1, 0.15) is 5.00 Å². The number of hydrogen-bond acceptors (Lipinski definition) is 5. The monoisotopic (exact) mass is 393 g/mol. The first-order chi connectivity index (χ1) is 12.3. The molecule has 9 heteroatoms. The minimum absolute atomic E-state index is 0.111. The maximum atomic E-state index is 12.4. The zero-order valence-corrected chi connectivity index (χ0v) is 16.0. The summed E-state index contributed by atoms with van der Waals surface area (Å²) in [4.78, 5) is 24.7. The Morgan fingerprint density at radius 3 is 2.31 bits per heavy atom. The molecule has 0 unspecified atom stereocenters. The van der Waals surface area contributed by atoms with E-state index in [1.54, 1.807) is 11.4 Å². The lowest BCUT2D eigenvalue weighted by molar-refractivity contribution is 0.0952. The second-order valence-corrected chi connectivity index (χ2v) is 9.25. The fourth-order valence-electron chi connectivity index (χ4n) is 2.24. The molecule has 1 aliphatic rings. The van der Waals surface area contributed by atoms with Gasteiger partial charge in [0.15, 0.2) is 0 Å². The van der Waals surface area contributed by atoms with Crippen molar-refractivity contribution in [2.75, 3.05) is 19.4 Å². The molecule has 1 aromatic heterocycles. The lowest BCUT2D eigenvalue weighted by Gasteiger charge is -2.11. The van der Waals surface area contributed by atoms with E-state index in [0.717, 1.165) is 17.1 Å². The lowest BCUT2D eigenvalue weighted by Crippen LogP contribution is -2.26. The van der Waals surface area contributed by atoms with Gasteiger partial charge >= 0.3 is 0 Å². The summed E-state index contributed by atoms with van der Waals surface area (Å²) in [5, 5.41) is 7.82. The number of nitrogens with one attached hydrogen (secondary N) is 2. The van der Waals surface area contributed by atoms with Crippen LogP contribution in [0.4, 0.5) is 5.00 Å². The van der Waals surface area contributed by atoms with Crippen LogP contribution in [0.15, 0.2) is 40.6 Å². The van der Waals surface area contributed by atoms with Crippen molar-refractivity contribution in [2.45, 2.75) is 23.8 Å². The van der Waals surface area contributed by atoms with Gasteiger partial charge in [-0.2, -0.15) is 0 Å². The zero-order valence-electron chi connectivity index (χ0n) is 14.4. The second-order valence-electron chi connectivity index (χ2n) is 6.18. The van der Waals surface area contributed by atoms with Crippen molar-refractivity contribution in [1.29, 1.82) is 0 Å². The number of rotatable bonds is 6. The number of hydrogen-bond donors (Lipinski definition) is 2. The molecule has 26 heavy (non-hydrogen) atoms. The second kappa shape index (κ2) is 7.18. The van der Waals surface area contributed by atoms with E-state index in [1.165, 1.54) is 49.7 Å². The molecule has 0 spiro atoms. The summed E-state index contributed by atoms with van der Waals surface area (Å²) in [6, 6.07) is 7.58. The van der Waals surface area contributed by atoms with Crippen molar-refractivity contribution in [3.05, 3.63) is 46.8 Å². The van der Waals surface area contributed by atoms with Crippen LogP contribution in [0, 0.1) is 0 Å². The molecular formula is C17H19N3O4S2. The number of carbonyl (C=O) groups excluding carboxylic acids is 2. The van der Waals surface area contributed by atoms with Crippen LogP contribution < -0.4 is 10.6 Å². The Balaban J connectivity index is 1.73. The molecule has 138 valence electrons.